The van der Waals surface area contributed by atoms with E-state index in [2.05, 4.69) is 0 Å². The smallest absolute Gasteiger partial charge is 0.149 e. The Bertz CT molecular complexity index is 424. The minimum Gasteiger partial charge on any atom is -0.366 e. The maximum atomic E-state index is 14.3. The molecule has 1 aromatic rings. The first-order chi connectivity index (χ1) is 9.85. The zero-order valence-electron chi connectivity index (χ0n) is 13.5. The van der Waals surface area contributed by atoms with Crippen LogP contribution < -0.4 is 10.6 Å². The number of hydrogen-bond donors (Lipinski definition) is 1. The second-order valence-electron chi connectivity index (χ2n) is 5.88. The summed E-state index contributed by atoms with van der Waals surface area (Å²) in [5, 5.41) is 0. The van der Waals surface area contributed by atoms with E-state index in [4.69, 9.17) is 5.73 Å². The van der Waals surface area contributed by atoms with Gasteiger partial charge in [0.05, 0.1) is 0 Å². The van der Waals surface area contributed by atoms with Crippen molar-refractivity contribution in [2.75, 3.05) is 38.6 Å². The molecule has 5 heteroatoms. The molecule has 0 saturated carbocycles. The van der Waals surface area contributed by atoms with Crippen LogP contribution >= 0.6 is 0 Å². The number of hydrogen-bond acceptors (Lipinski definition) is 3. The molecule has 1 unspecified atom stereocenters. The van der Waals surface area contributed by atoms with Crippen molar-refractivity contribution in [2.45, 2.75) is 32.7 Å². The van der Waals surface area contributed by atoms with Crippen LogP contribution in [0.15, 0.2) is 12.1 Å². The third kappa shape index (κ3) is 5.59. The van der Waals surface area contributed by atoms with Crippen molar-refractivity contribution >= 4 is 5.69 Å². The standard InChI is InChI=1S/C16H27F2N3/c1-5-6-21(8-7-20(3)4)16-14(17)10-13(9-12(2)19)11-15(16)18/h10-12H,5-9,19H2,1-4H3. The van der Waals surface area contributed by atoms with Crippen molar-refractivity contribution in [3.63, 3.8) is 0 Å². The quantitative estimate of drug-likeness (QED) is 0.801. The van der Waals surface area contributed by atoms with Crippen LogP contribution in [0.2, 0.25) is 0 Å². The third-order valence-corrected chi connectivity index (χ3v) is 3.26. The fourth-order valence-electron chi connectivity index (χ4n) is 2.34. The topological polar surface area (TPSA) is 32.5 Å². The molecular weight excluding hydrogens is 272 g/mol. The molecule has 0 aromatic heterocycles. The monoisotopic (exact) mass is 299 g/mol. The highest BCUT2D eigenvalue weighted by molar-refractivity contribution is 5.51. The van der Waals surface area contributed by atoms with Gasteiger partial charge in [0.2, 0.25) is 0 Å². The van der Waals surface area contributed by atoms with E-state index < -0.39 is 11.6 Å². The van der Waals surface area contributed by atoms with Crippen LogP contribution in [0, 0.1) is 11.6 Å². The molecule has 1 rings (SSSR count). The van der Waals surface area contributed by atoms with Crippen molar-refractivity contribution in [3.05, 3.63) is 29.3 Å². The molecule has 0 bridgehead atoms. The first-order valence-corrected chi connectivity index (χ1v) is 7.48. The normalized spacial score (nSPS) is 12.8. The van der Waals surface area contributed by atoms with Crippen molar-refractivity contribution in [2.24, 2.45) is 5.73 Å². The summed E-state index contributed by atoms with van der Waals surface area (Å²) in [5.74, 6) is -1.00. The van der Waals surface area contributed by atoms with Crippen molar-refractivity contribution in [3.8, 4) is 0 Å². The molecular formula is C16H27F2N3. The second-order valence-corrected chi connectivity index (χ2v) is 5.88. The molecule has 0 saturated heterocycles. The number of halogens is 2. The third-order valence-electron chi connectivity index (χ3n) is 3.26. The largest absolute Gasteiger partial charge is 0.366 e. The molecule has 0 heterocycles. The van der Waals surface area contributed by atoms with E-state index in [0.717, 1.165) is 13.0 Å². The van der Waals surface area contributed by atoms with E-state index in [1.807, 2.05) is 32.8 Å². The molecule has 3 nitrogen and oxygen atoms in total. The fraction of sp³-hybridized carbons (Fsp3) is 0.625. The summed E-state index contributed by atoms with van der Waals surface area (Å²) in [5.41, 5.74) is 6.37. The number of nitrogens with two attached hydrogens (primary N) is 1. The van der Waals surface area contributed by atoms with E-state index in [0.29, 0.717) is 25.1 Å². The molecule has 1 aromatic carbocycles. The average molecular weight is 299 g/mol. The predicted octanol–water partition coefficient (Wildman–Crippen LogP) is 2.63. The molecule has 0 radical (unpaired) electrons. The van der Waals surface area contributed by atoms with Gasteiger partial charge < -0.3 is 15.5 Å². The first kappa shape index (κ1) is 17.9. The Balaban J connectivity index is 3.01. The Morgan fingerprint density at radius 3 is 2.10 bits per heavy atom. The summed E-state index contributed by atoms with van der Waals surface area (Å²) in [7, 11) is 3.89. The van der Waals surface area contributed by atoms with E-state index in [-0.39, 0.29) is 11.7 Å². The second kappa shape index (κ2) is 8.29. The van der Waals surface area contributed by atoms with Gasteiger partial charge in [0.25, 0.3) is 0 Å². The maximum absolute atomic E-state index is 14.3. The lowest BCUT2D eigenvalue weighted by Gasteiger charge is -2.27. The SMILES string of the molecule is CCCN(CCN(C)C)c1c(F)cc(CC(C)N)cc1F. The van der Waals surface area contributed by atoms with Gasteiger partial charge in [-0.1, -0.05) is 6.92 Å². The Morgan fingerprint density at radius 1 is 1.10 bits per heavy atom. The maximum Gasteiger partial charge on any atom is 0.149 e. The molecule has 1 atom stereocenters. The van der Waals surface area contributed by atoms with Crippen LogP contribution in [-0.2, 0) is 6.42 Å². The van der Waals surface area contributed by atoms with Crippen LogP contribution in [0.5, 0.6) is 0 Å². The number of anilines is 1. The summed E-state index contributed by atoms with van der Waals surface area (Å²) >= 11 is 0. The Labute approximate surface area is 126 Å². The number of benzene rings is 1. The lowest BCUT2D eigenvalue weighted by Crippen LogP contribution is -2.33. The van der Waals surface area contributed by atoms with Crippen LogP contribution in [-0.4, -0.2) is 44.7 Å². The zero-order valence-corrected chi connectivity index (χ0v) is 13.5. The van der Waals surface area contributed by atoms with Gasteiger partial charge in [-0.05, 0) is 51.6 Å². The predicted molar refractivity (Wildman–Crippen MR) is 84.8 cm³/mol. The molecule has 21 heavy (non-hydrogen) atoms. The van der Waals surface area contributed by atoms with Crippen LogP contribution in [0.3, 0.4) is 0 Å². The van der Waals surface area contributed by atoms with E-state index in [1.54, 1.807) is 4.90 Å². The van der Waals surface area contributed by atoms with Crippen LogP contribution in [0.25, 0.3) is 0 Å². The average Bonchev–Trinajstić information content (AvgIpc) is 2.34. The lowest BCUT2D eigenvalue weighted by molar-refractivity contribution is 0.410. The first-order valence-electron chi connectivity index (χ1n) is 7.48. The zero-order chi connectivity index (χ0) is 16.0. The van der Waals surface area contributed by atoms with Gasteiger partial charge in [0, 0.05) is 25.7 Å². The van der Waals surface area contributed by atoms with Gasteiger partial charge in [0.1, 0.15) is 17.3 Å². The van der Waals surface area contributed by atoms with Gasteiger partial charge in [-0.15, -0.1) is 0 Å². The van der Waals surface area contributed by atoms with Gasteiger partial charge in [-0.25, -0.2) is 8.78 Å². The highest BCUT2D eigenvalue weighted by Gasteiger charge is 2.18. The van der Waals surface area contributed by atoms with Gasteiger partial charge >= 0.3 is 0 Å². The minimum atomic E-state index is -0.502. The minimum absolute atomic E-state index is 0.0760. The molecule has 0 aliphatic carbocycles. The summed E-state index contributed by atoms with van der Waals surface area (Å²) < 4.78 is 28.6. The highest BCUT2D eigenvalue weighted by Crippen LogP contribution is 2.25. The van der Waals surface area contributed by atoms with E-state index in [1.165, 1.54) is 12.1 Å². The Hall–Kier alpha value is -1.20. The molecule has 2 N–H and O–H groups in total. The Morgan fingerprint density at radius 2 is 1.67 bits per heavy atom. The molecule has 0 fully saturated rings. The van der Waals surface area contributed by atoms with Crippen molar-refractivity contribution in [1.82, 2.24) is 4.90 Å². The number of rotatable bonds is 8. The summed E-state index contributed by atoms with van der Waals surface area (Å²) in [6, 6.07) is 2.69. The molecule has 0 amide bonds. The summed E-state index contributed by atoms with van der Waals surface area (Å²) in [4.78, 5) is 3.78. The van der Waals surface area contributed by atoms with Gasteiger partial charge in [-0.2, -0.15) is 0 Å². The highest BCUT2D eigenvalue weighted by atomic mass is 19.1. The van der Waals surface area contributed by atoms with Crippen molar-refractivity contribution < 1.29 is 8.78 Å². The summed E-state index contributed by atoms with van der Waals surface area (Å²) in [6.07, 6.45) is 1.31. The summed E-state index contributed by atoms with van der Waals surface area (Å²) in [6.45, 7) is 5.81. The van der Waals surface area contributed by atoms with E-state index in [9.17, 15) is 8.78 Å². The van der Waals surface area contributed by atoms with Crippen LogP contribution in [0.1, 0.15) is 25.8 Å². The fourth-order valence-corrected chi connectivity index (χ4v) is 2.34. The molecule has 0 aliphatic heterocycles. The molecule has 0 spiro atoms. The lowest BCUT2D eigenvalue weighted by atomic mass is 10.1. The van der Waals surface area contributed by atoms with E-state index >= 15 is 0 Å². The number of likely N-dealkylation sites (N-methyl/N-ethyl adjacent to an activating group) is 1. The van der Waals surface area contributed by atoms with Crippen molar-refractivity contribution in [1.29, 1.82) is 0 Å². The Kier molecular flexibility index (Phi) is 7.05. The number of nitrogens with zero attached hydrogens (tertiary/aromatic N) is 2. The molecule has 0 aliphatic rings. The van der Waals surface area contributed by atoms with Gasteiger partial charge in [0.15, 0.2) is 0 Å². The molecule has 120 valence electrons. The van der Waals surface area contributed by atoms with Gasteiger partial charge in [-0.3, -0.25) is 0 Å². The van der Waals surface area contributed by atoms with Crippen LogP contribution in [0.4, 0.5) is 14.5 Å².